The lowest BCUT2D eigenvalue weighted by Gasteiger charge is -2.16. The molecule has 0 spiro atoms. The molecule has 0 aliphatic carbocycles. The van der Waals surface area contributed by atoms with Gasteiger partial charge in [-0.25, -0.2) is 9.78 Å². The summed E-state index contributed by atoms with van der Waals surface area (Å²) in [6, 6.07) is 9.14. The molecule has 0 amide bonds. The van der Waals surface area contributed by atoms with Gasteiger partial charge in [-0.1, -0.05) is 12.1 Å². The van der Waals surface area contributed by atoms with Crippen molar-refractivity contribution in [3.05, 3.63) is 47.7 Å². The van der Waals surface area contributed by atoms with Crippen molar-refractivity contribution in [2.45, 2.75) is 13.3 Å². The van der Waals surface area contributed by atoms with Crippen molar-refractivity contribution in [2.24, 2.45) is 0 Å². The van der Waals surface area contributed by atoms with Crippen molar-refractivity contribution < 1.29 is 14.3 Å². The number of hydrogen-bond acceptors (Lipinski definition) is 5. The van der Waals surface area contributed by atoms with Crippen molar-refractivity contribution in [1.82, 2.24) is 4.98 Å². The molecule has 112 valence electrons. The van der Waals surface area contributed by atoms with Crippen LogP contribution in [0.3, 0.4) is 0 Å². The van der Waals surface area contributed by atoms with Gasteiger partial charge in [-0.2, -0.15) is 0 Å². The quantitative estimate of drug-likeness (QED) is 0.881. The molecule has 5 nitrogen and oxygen atoms in total. The zero-order valence-corrected chi connectivity index (χ0v) is 12.3. The Labute approximate surface area is 128 Å². The van der Waals surface area contributed by atoms with Crippen LogP contribution in [0.15, 0.2) is 36.5 Å². The summed E-state index contributed by atoms with van der Waals surface area (Å²) in [5.74, 6) is 0.600. The minimum absolute atomic E-state index is 0.157. The molecule has 1 aromatic carbocycles. The van der Waals surface area contributed by atoms with Crippen molar-refractivity contribution in [3.8, 4) is 11.1 Å². The summed E-state index contributed by atoms with van der Waals surface area (Å²) < 4.78 is 4.96. The van der Waals surface area contributed by atoms with Crippen molar-refractivity contribution in [3.63, 3.8) is 0 Å². The molecule has 0 radical (unpaired) electrons. The first-order chi connectivity index (χ1) is 10.7. The van der Waals surface area contributed by atoms with E-state index in [1.165, 1.54) is 0 Å². The van der Waals surface area contributed by atoms with Gasteiger partial charge in [0.1, 0.15) is 5.82 Å². The van der Waals surface area contributed by atoms with E-state index in [0.717, 1.165) is 22.5 Å². The number of carbonyl (C=O) groups is 2. The number of nitrogens with zero attached hydrogens (tertiary/aromatic N) is 1. The van der Waals surface area contributed by atoms with Gasteiger partial charge in [0.2, 0.25) is 0 Å². The molecule has 0 fully saturated rings. The van der Waals surface area contributed by atoms with Crippen molar-refractivity contribution in [2.75, 3.05) is 18.5 Å². The molecule has 0 bridgehead atoms. The highest BCUT2D eigenvalue weighted by molar-refractivity contribution is 5.91. The van der Waals surface area contributed by atoms with Gasteiger partial charge in [0, 0.05) is 23.7 Å². The van der Waals surface area contributed by atoms with Gasteiger partial charge in [0.05, 0.1) is 18.7 Å². The van der Waals surface area contributed by atoms with Crippen LogP contribution >= 0.6 is 0 Å². The van der Waals surface area contributed by atoms with E-state index in [2.05, 4.69) is 10.3 Å². The number of Topliss-reactive ketones (excluding diaryl/α,β-unsaturated/α-hetero) is 1. The zero-order chi connectivity index (χ0) is 15.5. The molecule has 1 N–H and O–H groups in total. The summed E-state index contributed by atoms with van der Waals surface area (Å²) in [5.41, 5.74) is 3.30. The largest absolute Gasteiger partial charge is 0.462 e. The smallest absolute Gasteiger partial charge is 0.338 e. The van der Waals surface area contributed by atoms with Crippen LogP contribution in [0.4, 0.5) is 5.82 Å². The number of ketones is 1. The molecule has 0 atom stereocenters. The summed E-state index contributed by atoms with van der Waals surface area (Å²) in [6.07, 6.45) is 2.17. The molecular formula is C17H16N2O3. The fourth-order valence-electron chi connectivity index (χ4n) is 2.43. The van der Waals surface area contributed by atoms with E-state index in [1.807, 2.05) is 18.2 Å². The minimum Gasteiger partial charge on any atom is -0.462 e. The lowest BCUT2D eigenvalue weighted by atomic mass is 10.00. The number of carbonyl (C=O) groups excluding carboxylic acids is 2. The predicted molar refractivity (Wildman–Crippen MR) is 82.8 cm³/mol. The predicted octanol–water partition coefficient (Wildman–Crippen LogP) is 2.46. The Morgan fingerprint density at radius 3 is 2.77 bits per heavy atom. The average molecular weight is 296 g/mol. The Morgan fingerprint density at radius 2 is 2.05 bits per heavy atom. The summed E-state index contributed by atoms with van der Waals surface area (Å²) in [7, 11) is 0. The first-order valence-corrected chi connectivity index (χ1v) is 7.19. The maximum Gasteiger partial charge on any atom is 0.338 e. The van der Waals surface area contributed by atoms with E-state index in [1.54, 1.807) is 25.3 Å². The third-order valence-electron chi connectivity index (χ3n) is 3.54. The van der Waals surface area contributed by atoms with E-state index in [-0.39, 0.29) is 11.8 Å². The standard InChI is InChI=1S/C17H16N2O3/c1-2-22-17(21)12-5-3-11(4-6-12)14-7-13-8-15(20)10-19-16(13)18-9-14/h3-7,9H,2,8,10H2,1H3,(H,18,19). The van der Waals surface area contributed by atoms with Gasteiger partial charge in [0.25, 0.3) is 0 Å². The van der Waals surface area contributed by atoms with Crippen LogP contribution in [0.5, 0.6) is 0 Å². The molecule has 0 saturated carbocycles. The topological polar surface area (TPSA) is 68.3 Å². The number of ether oxygens (including phenoxy) is 1. The zero-order valence-electron chi connectivity index (χ0n) is 12.3. The van der Waals surface area contributed by atoms with Crippen LogP contribution in [0.2, 0.25) is 0 Å². The van der Waals surface area contributed by atoms with Crippen LogP contribution in [-0.2, 0) is 16.0 Å². The number of hydrogen-bond donors (Lipinski definition) is 1. The maximum atomic E-state index is 11.6. The highest BCUT2D eigenvalue weighted by Gasteiger charge is 2.16. The van der Waals surface area contributed by atoms with Gasteiger partial charge >= 0.3 is 5.97 Å². The highest BCUT2D eigenvalue weighted by Crippen LogP contribution is 2.25. The van der Waals surface area contributed by atoms with Crippen molar-refractivity contribution in [1.29, 1.82) is 0 Å². The molecular weight excluding hydrogens is 280 g/mol. The maximum absolute atomic E-state index is 11.6. The minimum atomic E-state index is -0.326. The number of esters is 1. The second-order valence-electron chi connectivity index (χ2n) is 5.10. The summed E-state index contributed by atoms with van der Waals surface area (Å²) >= 11 is 0. The Hall–Kier alpha value is -2.69. The second kappa shape index (κ2) is 5.97. The molecule has 5 heteroatoms. The molecule has 2 heterocycles. The van der Waals surface area contributed by atoms with Crippen LogP contribution in [-0.4, -0.2) is 29.9 Å². The molecule has 22 heavy (non-hydrogen) atoms. The first-order valence-electron chi connectivity index (χ1n) is 7.19. The lowest BCUT2D eigenvalue weighted by molar-refractivity contribution is -0.117. The van der Waals surface area contributed by atoms with E-state index in [0.29, 0.717) is 25.1 Å². The number of nitrogens with one attached hydrogen (secondary N) is 1. The SMILES string of the molecule is CCOC(=O)c1ccc(-c2cnc3c(c2)CC(=O)CN3)cc1. The van der Waals surface area contributed by atoms with Gasteiger partial charge in [0.15, 0.2) is 5.78 Å². The molecule has 1 aliphatic rings. The van der Waals surface area contributed by atoms with Crippen molar-refractivity contribution >= 4 is 17.6 Å². The van der Waals surface area contributed by atoms with E-state index < -0.39 is 0 Å². The Kier molecular flexibility index (Phi) is 3.87. The Balaban J connectivity index is 1.87. The summed E-state index contributed by atoms with van der Waals surface area (Å²) in [6.45, 7) is 2.48. The molecule has 3 rings (SSSR count). The molecule has 2 aromatic rings. The first kappa shape index (κ1) is 14.3. The average Bonchev–Trinajstić information content (AvgIpc) is 2.54. The van der Waals surface area contributed by atoms with Crippen LogP contribution in [0.25, 0.3) is 11.1 Å². The third-order valence-corrected chi connectivity index (χ3v) is 3.54. The van der Waals surface area contributed by atoms with Crippen LogP contribution in [0.1, 0.15) is 22.8 Å². The van der Waals surface area contributed by atoms with E-state index >= 15 is 0 Å². The Bertz CT molecular complexity index is 723. The van der Waals surface area contributed by atoms with Gasteiger partial charge in [-0.3, -0.25) is 4.79 Å². The molecule has 0 saturated heterocycles. The number of fused-ring (bicyclic) bond motifs is 1. The van der Waals surface area contributed by atoms with Gasteiger partial charge in [-0.05, 0) is 30.7 Å². The lowest BCUT2D eigenvalue weighted by Crippen LogP contribution is -2.23. The molecule has 1 aliphatic heterocycles. The van der Waals surface area contributed by atoms with E-state index in [4.69, 9.17) is 4.74 Å². The molecule has 0 unspecified atom stereocenters. The van der Waals surface area contributed by atoms with Crippen LogP contribution in [0, 0.1) is 0 Å². The highest BCUT2D eigenvalue weighted by atomic mass is 16.5. The number of rotatable bonds is 3. The van der Waals surface area contributed by atoms with E-state index in [9.17, 15) is 9.59 Å². The fourth-order valence-corrected chi connectivity index (χ4v) is 2.43. The number of anilines is 1. The third kappa shape index (κ3) is 2.83. The van der Waals surface area contributed by atoms with Gasteiger partial charge < -0.3 is 10.1 Å². The monoisotopic (exact) mass is 296 g/mol. The summed E-state index contributed by atoms with van der Waals surface area (Å²) in [4.78, 5) is 27.5. The fraction of sp³-hybridized carbons (Fsp3) is 0.235. The Morgan fingerprint density at radius 1 is 1.27 bits per heavy atom. The van der Waals surface area contributed by atoms with Crippen LogP contribution < -0.4 is 5.32 Å². The van der Waals surface area contributed by atoms with Gasteiger partial charge in [-0.15, -0.1) is 0 Å². The number of aromatic nitrogens is 1. The normalized spacial score (nSPS) is 13.2. The number of pyridine rings is 1. The number of benzene rings is 1. The molecule has 1 aromatic heterocycles. The second-order valence-corrected chi connectivity index (χ2v) is 5.10. The summed E-state index contributed by atoms with van der Waals surface area (Å²) in [5, 5.41) is 3.01.